The molecule has 0 aliphatic carbocycles. The topological polar surface area (TPSA) is 271 Å². The summed E-state index contributed by atoms with van der Waals surface area (Å²) in [7, 11) is 0. The van der Waals surface area contributed by atoms with Gasteiger partial charge in [0.05, 0.1) is 25.0 Å². The molecule has 6 atom stereocenters. The van der Waals surface area contributed by atoms with E-state index < -0.39 is 84.8 Å². The van der Waals surface area contributed by atoms with E-state index in [4.69, 9.17) is 21.7 Å². The van der Waals surface area contributed by atoms with Crippen LogP contribution in [0.5, 0.6) is 0 Å². The third-order valence-electron chi connectivity index (χ3n) is 3.92. The number of aliphatic carboxylic acids is 2. The lowest BCUT2D eigenvalue weighted by atomic mass is 10.1. The summed E-state index contributed by atoms with van der Waals surface area (Å²) in [6, 6.07) is -6.77. The Morgan fingerprint density at radius 3 is 1.61 bits per heavy atom. The van der Waals surface area contributed by atoms with Crippen molar-refractivity contribution >= 4 is 35.6 Å². The molecule has 0 saturated heterocycles. The molecule has 15 heteroatoms. The molecule has 0 radical (unpaired) electrons. The van der Waals surface area contributed by atoms with Crippen LogP contribution in [0.1, 0.15) is 26.7 Å². The van der Waals surface area contributed by atoms with E-state index >= 15 is 0 Å². The molecule has 0 spiro atoms. The highest BCUT2D eigenvalue weighted by Gasteiger charge is 2.33. The van der Waals surface area contributed by atoms with Crippen LogP contribution in [-0.2, 0) is 28.8 Å². The molecule has 0 saturated carbocycles. The number of carboxylic acid groups (broad SMARTS) is 2. The Morgan fingerprint density at radius 1 is 0.774 bits per heavy atom. The number of hydrogen-bond donors (Lipinski definition) is 9. The van der Waals surface area contributed by atoms with Gasteiger partial charge in [0, 0.05) is 0 Å². The predicted molar refractivity (Wildman–Crippen MR) is 101 cm³/mol. The molecule has 0 aliphatic rings. The fourth-order valence-corrected chi connectivity index (χ4v) is 2.20. The van der Waals surface area contributed by atoms with E-state index in [9.17, 15) is 39.0 Å². The second-order valence-corrected chi connectivity index (χ2v) is 6.72. The number of carbonyl (C=O) groups is 6. The monoisotopic (exact) mass is 449 g/mol. The van der Waals surface area contributed by atoms with Crippen molar-refractivity contribution < 1.29 is 49.2 Å². The molecule has 0 aromatic rings. The molecule has 0 bridgehead atoms. The quantitative estimate of drug-likeness (QED) is 0.128. The number of aliphatic hydroxyl groups excluding tert-OH is 2. The van der Waals surface area contributed by atoms with Gasteiger partial charge in [-0.15, -0.1) is 0 Å². The predicted octanol–water partition coefficient (Wildman–Crippen LogP) is -5.04. The first-order valence-corrected chi connectivity index (χ1v) is 8.93. The zero-order chi connectivity index (χ0) is 24.5. The van der Waals surface area contributed by atoms with Crippen molar-refractivity contribution in [3.8, 4) is 0 Å². The van der Waals surface area contributed by atoms with E-state index in [0.29, 0.717) is 0 Å². The molecule has 0 aromatic heterocycles. The van der Waals surface area contributed by atoms with Crippen molar-refractivity contribution in [1.82, 2.24) is 16.0 Å². The molecule has 0 aromatic carbocycles. The van der Waals surface area contributed by atoms with E-state index in [1.54, 1.807) is 0 Å². The Bertz CT molecular complexity index is 711. The summed E-state index contributed by atoms with van der Waals surface area (Å²) in [5, 5.41) is 42.7. The molecule has 0 heterocycles. The number of primary amides is 1. The zero-order valence-electron chi connectivity index (χ0n) is 16.8. The van der Waals surface area contributed by atoms with Crippen LogP contribution in [0.25, 0.3) is 0 Å². The smallest absolute Gasteiger partial charge is 0.328 e. The first-order valence-electron chi connectivity index (χ1n) is 8.93. The van der Waals surface area contributed by atoms with E-state index in [1.165, 1.54) is 6.92 Å². The molecular weight excluding hydrogens is 422 g/mol. The van der Waals surface area contributed by atoms with Crippen LogP contribution in [0, 0.1) is 0 Å². The van der Waals surface area contributed by atoms with Crippen LogP contribution >= 0.6 is 0 Å². The van der Waals surface area contributed by atoms with Crippen molar-refractivity contribution in [2.24, 2.45) is 11.5 Å². The highest BCUT2D eigenvalue weighted by atomic mass is 16.4. The van der Waals surface area contributed by atoms with Gasteiger partial charge in [-0.05, 0) is 13.8 Å². The summed E-state index contributed by atoms with van der Waals surface area (Å²) in [6.07, 6.45) is -4.60. The van der Waals surface area contributed by atoms with Crippen LogP contribution in [0.15, 0.2) is 0 Å². The molecule has 4 amide bonds. The third-order valence-corrected chi connectivity index (χ3v) is 3.92. The molecule has 0 fully saturated rings. The van der Waals surface area contributed by atoms with Crippen molar-refractivity contribution in [3.63, 3.8) is 0 Å². The first-order chi connectivity index (χ1) is 14.2. The summed E-state index contributed by atoms with van der Waals surface area (Å²) in [5.41, 5.74) is 10.5. The van der Waals surface area contributed by atoms with E-state index in [1.807, 2.05) is 10.6 Å². The maximum absolute atomic E-state index is 12.5. The highest BCUT2D eigenvalue weighted by molar-refractivity contribution is 5.97. The van der Waals surface area contributed by atoms with Crippen molar-refractivity contribution in [1.29, 1.82) is 0 Å². The average Bonchev–Trinajstić information content (AvgIpc) is 2.62. The van der Waals surface area contributed by atoms with Gasteiger partial charge in [0.2, 0.25) is 23.6 Å². The minimum absolute atomic E-state index is 0.753. The molecule has 31 heavy (non-hydrogen) atoms. The van der Waals surface area contributed by atoms with Crippen molar-refractivity contribution in [2.45, 2.75) is 63.1 Å². The molecule has 6 unspecified atom stereocenters. The number of nitrogens with one attached hydrogen (secondary N) is 3. The normalized spacial score (nSPS) is 16.5. The summed E-state index contributed by atoms with van der Waals surface area (Å²) >= 11 is 0. The van der Waals surface area contributed by atoms with Gasteiger partial charge in [0.25, 0.3) is 0 Å². The van der Waals surface area contributed by atoms with Crippen LogP contribution in [0.4, 0.5) is 0 Å². The van der Waals surface area contributed by atoms with Crippen LogP contribution in [0.3, 0.4) is 0 Å². The van der Waals surface area contributed by atoms with Crippen molar-refractivity contribution in [2.75, 3.05) is 0 Å². The molecule has 0 rings (SSSR count). The van der Waals surface area contributed by atoms with Crippen molar-refractivity contribution in [3.05, 3.63) is 0 Å². The lowest BCUT2D eigenvalue weighted by Gasteiger charge is -2.25. The molecule has 0 aliphatic heterocycles. The number of amides is 4. The third kappa shape index (κ3) is 9.83. The summed E-state index contributed by atoms with van der Waals surface area (Å²) in [5.74, 6) is -7.68. The Kier molecular flexibility index (Phi) is 11.1. The lowest BCUT2D eigenvalue weighted by Crippen LogP contribution is -2.59. The number of hydrogen-bond acceptors (Lipinski definition) is 9. The zero-order valence-corrected chi connectivity index (χ0v) is 16.8. The second kappa shape index (κ2) is 12.4. The standard InChI is InChI=1S/C16H27N5O10/c1-5(22)11(18)15(29)20-7(3-9(17)24)13(27)19-8(4-10(25)26)14(28)21-12(6(2)23)16(30)31/h5-8,11-12,22-23H,3-4,18H2,1-2H3,(H2,17,24)(H,19,27)(H,20,29)(H,21,28)(H,25,26)(H,30,31). The number of rotatable bonds is 13. The van der Waals surface area contributed by atoms with Gasteiger partial charge < -0.3 is 47.8 Å². The Hall–Kier alpha value is -3.30. The summed E-state index contributed by atoms with van der Waals surface area (Å²) < 4.78 is 0. The largest absolute Gasteiger partial charge is 0.481 e. The lowest BCUT2D eigenvalue weighted by molar-refractivity contribution is -0.146. The highest BCUT2D eigenvalue weighted by Crippen LogP contribution is 2.02. The Morgan fingerprint density at radius 2 is 1.23 bits per heavy atom. The fourth-order valence-electron chi connectivity index (χ4n) is 2.20. The SMILES string of the molecule is CC(O)C(N)C(=O)NC(CC(N)=O)C(=O)NC(CC(=O)O)C(=O)NC(C(=O)O)C(C)O. The van der Waals surface area contributed by atoms with E-state index in [0.717, 1.165) is 6.92 Å². The van der Waals surface area contributed by atoms with Crippen LogP contribution in [0.2, 0.25) is 0 Å². The summed E-state index contributed by atoms with van der Waals surface area (Å²) in [4.78, 5) is 70.2. The van der Waals surface area contributed by atoms with Gasteiger partial charge in [-0.1, -0.05) is 0 Å². The van der Waals surface area contributed by atoms with E-state index in [2.05, 4.69) is 5.32 Å². The van der Waals surface area contributed by atoms with Crippen LogP contribution < -0.4 is 27.4 Å². The number of carbonyl (C=O) groups excluding carboxylic acids is 4. The first kappa shape index (κ1) is 27.7. The maximum atomic E-state index is 12.5. The van der Waals surface area contributed by atoms with E-state index in [-0.39, 0.29) is 0 Å². The fraction of sp³-hybridized carbons (Fsp3) is 0.625. The minimum Gasteiger partial charge on any atom is -0.481 e. The molecular formula is C16H27N5O10. The van der Waals surface area contributed by atoms with Gasteiger partial charge >= 0.3 is 11.9 Å². The summed E-state index contributed by atoms with van der Waals surface area (Å²) in [6.45, 7) is 2.26. The van der Waals surface area contributed by atoms with Gasteiger partial charge in [-0.2, -0.15) is 0 Å². The average molecular weight is 449 g/mol. The maximum Gasteiger partial charge on any atom is 0.328 e. The molecule has 15 nitrogen and oxygen atoms in total. The number of nitrogens with two attached hydrogens (primary N) is 2. The minimum atomic E-state index is -1.83. The van der Waals surface area contributed by atoms with Crippen LogP contribution in [-0.4, -0.2) is 92.4 Å². The number of aliphatic hydroxyl groups is 2. The Balaban J connectivity index is 5.56. The van der Waals surface area contributed by atoms with Gasteiger partial charge in [0.1, 0.15) is 18.1 Å². The second-order valence-electron chi connectivity index (χ2n) is 6.72. The van der Waals surface area contributed by atoms with Gasteiger partial charge in [-0.3, -0.25) is 24.0 Å². The van der Waals surface area contributed by atoms with Gasteiger partial charge in [-0.25, -0.2) is 4.79 Å². The number of carboxylic acids is 2. The molecule has 11 N–H and O–H groups in total. The molecule has 176 valence electrons. The van der Waals surface area contributed by atoms with Gasteiger partial charge in [0.15, 0.2) is 6.04 Å². The Labute approximate surface area is 176 Å².